The Morgan fingerprint density at radius 3 is 2.57 bits per heavy atom. The van der Waals surface area contributed by atoms with Crippen molar-refractivity contribution < 1.29 is 13.2 Å². The molecule has 0 aromatic carbocycles. The summed E-state index contributed by atoms with van der Waals surface area (Å²) in [6.45, 7) is 7.68. The number of carbonyl (C=O) groups is 1. The standard InChI is InChI=1S/C15H22N2O3S/c1-4-12-21(19,20)13(3)15(18)17(5-2)11-8-14-6-9-16-10-7-14/h4,6-7,9-10,13H,1,5,8,11-12H2,2-3H3. The number of hydrogen-bond donors (Lipinski definition) is 0. The molecule has 6 heteroatoms. The molecule has 0 aliphatic rings. The summed E-state index contributed by atoms with van der Waals surface area (Å²) in [6, 6.07) is 3.77. The van der Waals surface area contributed by atoms with Gasteiger partial charge in [0, 0.05) is 25.5 Å². The summed E-state index contributed by atoms with van der Waals surface area (Å²) in [5.74, 6) is -0.532. The van der Waals surface area contributed by atoms with E-state index in [0.717, 1.165) is 5.56 Å². The van der Waals surface area contributed by atoms with Crippen LogP contribution in [0.4, 0.5) is 0 Å². The number of pyridine rings is 1. The fourth-order valence-corrected chi connectivity index (χ4v) is 3.03. The molecule has 0 saturated carbocycles. The average molecular weight is 310 g/mol. The summed E-state index contributed by atoms with van der Waals surface area (Å²) >= 11 is 0. The first-order chi connectivity index (χ1) is 9.92. The summed E-state index contributed by atoms with van der Waals surface area (Å²) in [5.41, 5.74) is 1.07. The molecule has 1 unspecified atom stereocenters. The zero-order chi connectivity index (χ0) is 15.9. The van der Waals surface area contributed by atoms with Gasteiger partial charge in [0.25, 0.3) is 0 Å². The van der Waals surface area contributed by atoms with Gasteiger partial charge in [0.15, 0.2) is 9.84 Å². The summed E-state index contributed by atoms with van der Waals surface area (Å²) in [6.07, 6.45) is 5.39. The maximum absolute atomic E-state index is 12.3. The second-order valence-electron chi connectivity index (χ2n) is 4.78. The first-order valence-corrected chi connectivity index (χ1v) is 8.64. The van der Waals surface area contributed by atoms with E-state index >= 15 is 0 Å². The molecule has 0 aliphatic carbocycles. The molecule has 1 heterocycles. The van der Waals surface area contributed by atoms with E-state index in [9.17, 15) is 13.2 Å². The van der Waals surface area contributed by atoms with Gasteiger partial charge in [-0.2, -0.15) is 0 Å². The molecule has 0 fully saturated rings. The first-order valence-electron chi connectivity index (χ1n) is 6.92. The van der Waals surface area contributed by atoms with Gasteiger partial charge in [-0.1, -0.05) is 6.08 Å². The van der Waals surface area contributed by atoms with Crippen LogP contribution in [0.1, 0.15) is 19.4 Å². The Morgan fingerprint density at radius 2 is 2.05 bits per heavy atom. The van der Waals surface area contributed by atoms with E-state index < -0.39 is 15.1 Å². The fraction of sp³-hybridized carbons (Fsp3) is 0.467. The Hall–Kier alpha value is -1.69. The molecule has 0 aliphatic heterocycles. The van der Waals surface area contributed by atoms with E-state index in [1.165, 1.54) is 13.0 Å². The molecule has 0 saturated heterocycles. The van der Waals surface area contributed by atoms with Gasteiger partial charge in [-0.3, -0.25) is 9.78 Å². The minimum atomic E-state index is -3.47. The largest absolute Gasteiger partial charge is 0.342 e. The zero-order valence-electron chi connectivity index (χ0n) is 12.5. The SMILES string of the molecule is C=CCS(=O)(=O)C(C)C(=O)N(CC)CCc1ccncc1. The maximum Gasteiger partial charge on any atom is 0.240 e. The summed E-state index contributed by atoms with van der Waals surface area (Å²) < 4.78 is 23.9. The smallest absolute Gasteiger partial charge is 0.240 e. The van der Waals surface area contributed by atoms with E-state index in [4.69, 9.17) is 0 Å². The van der Waals surface area contributed by atoms with Crippen molar-refractivity contribution >= 4 is 15.7 Å². The van der Waals surface area contributed by atoms with Crippen LogP contribution in [0, 0.1) is 0 Å². The molecule has 0 spiro atoms. The lowest BCUT2D eigenvalue weighted by Crippen LogP contribution is -2.43. The van der Waals surface area contributed by atoms with E-state index in [2.05, 4.69) is 11.6 Å². The van der Waals surface area contributed by atoms with Gasteiger partial charge in [-0.15, -0.1) is 6.58 Å². The molecule has 1 aromatic rings. The van der Waals surface area contributed by atoms with Crippen LogP contribution >= 0.6 is 0 Å². The second kappa shape index (κ2) is 7.93. The van der Waals surface area contributed by atoms with Crippen LogP contribution in [0.3, 0.4) is 0 Å². The third-order valence-corrected chi connectivity index (χ3v) is 5.33. The van der Waals surface area contributed by atoms with E-state index in [0.29, 0.717) is 19.5 Å². The monoisotopic (exact) mass is 310 g/mol. The number of likely N-dealkylation sites (N-methyl/N-ethyl adjacent to an activating group) is 1. The molecule has 1 atom stereocenters. The molecule has 21 heavy (non-hydrogen) atoms. The van der Waals surface area contributed by atoms with Crippen LogP contribution in [0.2, 0.25) is 0 Å². The number of sulfone groups is 1. The number of amides is 1. The average Bonchev–Trinajstić information content (AvgIpc) is 2.47. The minimum Gasteiger partial charge on any atom is -0.342 e. The third-order valence-electron chi connectivity index (χ3n) is 3.35. The van der Waals surface area contributed by atoms with Gasteiger partial charge in [0.1, 0.15) is 5.25 Å². The molecule has 1 rings (SSSR count). The lowest BCUT2D eigenvalue weighted by atomic mass is 10.2. The van der Waals surface area contributed by atoms with E-state index in [1.54, 1.807) is 17.3 Å². The molecule has 1 amide bonds. The van der Waals surface area contributed by atoms with E-state index in [1.807, 2.05) is 19.1 Å². The quantitative estimate of drug-likeness (QED) is 0.682. The summed E-state index contributed by atoms with van der Waals surface area (Å²) in [5, 5.41) is -1.03. The Morgan fingerprint density at radius 1 is 1.43 bits per heavy atom. The Kier molecular flexibility index (Phi) is 6.55. The van der Waals surface area contributed by atoms with Gasteiger partial charge >= 0.3 is 0 Å². The second-order valence-corrected chi connectivity index (χ2v) is 7.15. The lowest BCUT2D eigenvalue weighted by molar-refractivity contribution is -0.130. The number of rotatable bonds is 8. The van der Waals surface area contributed by atoms with Gasteiger partial charge < -0.3 is 4.90 Å². The van der Waals surface area contributed by atoms with Gasteiger partial charge in [0.2, 0.25) is 5.91 Å². The third kappa shape index (κ3) is 4.97. The predicted molar refractivity (Wildman–Crippen MR) is 83.6 cm³/mol. The fourth-order valence-electron chi connectivity index (χ4n) is 1.96. The van der Waals surface area contributed by atoms with Crippen LogP contribution < -0.4 is 0 Å². The summed E-state index contributed by atoms with van der Waals surface area (Å²) in [7, 11) is -3.47. The van der Waals surface area contributed by atoms with Gasteiger partial charge in [-0.05, 0) is 38.0 Å². The normalized spacial score (nSPS) is 12.7. The molecule has 0 radical (unpaired) electrons. The van der Waals surface area contributed by atoms with Crippen molar-refractivity contribution in [1.29, 1.82) is 0 Å². The molecule has 0 N–H and O–H groups in total. The predicted octanol–water partition coefficient (Wildman–Crippen LogP) is 1.46. The maximum atomic E-state index is 12.3. The van der Waals surface area contributed by atoms with Crippen LogP contribution in [0.5, 0.6) is 0 Å². The van der Waals surface area contributed by atoms with E-state index in [-0.39, 0.29) is 11.7 Å². The Bertz CT molecular complexity index is 570. The Balaban J connectivity index is 2.71. The number of carbonyl (C=O) groups excluding carboxylic acids is 1. The van der Waals surface area contributed by atoms with Crippen molar-refractivity contribution in [2.24, 2.45) is 0 Å². The minimum absolute atomic E-state index is 0.179. The van der Waals surface area contributed by atoms with Gasteiger partial charge in [-0.25, -0.2) is 8.42 Å². The highest BCUT2D eigenvalue weighted by Gasteiger charge is 2.29. The van der Waals surface area contributed by atoms with Gasteiger partial charge in [0.05, 0.1) is 5.75 Å². The van der Waals surface area contributed by atoms with Crippen LogP contribution in [0.15, 0.2) is 37.2 Å². The first kappa shape index (κ1) is 17.4. The molecule has 0 bridgehead atoms. The number of nitrogens with zero attached hydrogens (tertiary/aromatic N) is 2. The van der Waals surface area contributed by atoms with Crippen molar-refractivity contribution in [1.82, 2.24) is 9.88 Å². The highest BCUT2D eigenvalue weighted by molar-refractivity contribution is 7.92. The lowest BCUT2D eigenvalue weighted by Gasteiger charge is -2.24. The number of hydrogen-bond acceptors (Lipinski definition) is 4. The number of aromatic nitrogens is 1. The van der Waals surface area contributed by atoms with Crippen LogP contribution in [-0.4, -0.2) is 48.3 Å². The zero-order valence-corrected chi connectivity index (χ0v) is 13.3. The molecule has 1 aromatic heterocycles. The van der Waals surface area contributed by atoms with Crippen LogP contribution in [-0.2, 0) is 21.1 Å². The molecule has 116 valence electrons. The van der Waals surface area contributed by atoms with Crippen molar-refractivity contribution in [3.05, 3.63) is 42.7 Å². The topological polar surface area (TPSA) is 67.3 Å². The van der Waals surface area contributed by atoms with Crippen molar-refractivity contribution in [3.63, 3.8) is 0 Å². The summed E-state index contributed by atoms with van der Waals surface area (Å²) in [4.78, 5) is 17.8. The van der Waals surface area contributed by atoms with Crippen molar-refractivity contribution in [3.8, 4) is 0 Å². The highest BCUT2D eigenvalue weighted by atomic mass is 32.2. The Labute approximate surface area is 126 Å². The van der Waals surface area contributed by atoms with Crippen LogP contribution in [0.25, 0.3) is 0 Å². The molecule has 5 nitrogen and oxygen atoms in total. The molecular formula is C15H22N2O3S. The molecular weight excluding hydrogens is 288 g/mol. The van der Waals surface area contributed by atoms with Crippen molar-refractivity contribution in [2.75, 3.05) is 18.8 Å². The highest BCUT2D eigenvalue weighted by Crippen LogP contribution is 2.09. The van der Waals surface area contributed by atoms with Crippen molar-refractivity contribution in [2.45, 2.75) is 25.5 Å².